The van der Waals surface area contributed by atoms with E-state index in [9.17, 15) is 4.79 Å². The van der Waals surface area contributed by atoms with Crippen LogP contribution in [0.25, 0.3) is 9.88 Å². The number of hydrogen-bond donors (Lipinski definition) is 0. The standard InChI is InChI=1S/C15H16N2OS2/c1-9-13(20-14(16-9)12-3-2-6-19-12)15(18)17-8-10-4-5-11(17)7-10/h2-3,6,10-11H,4-5,7-8H2,1H3. The zero-order valence-electron chi connectivity index (χ0n) is 11.3. The van der Waals surface area contributed by atoms with Gasteiger partial charge >= 0.3 is 0 Å². The predicted octanol–water partition coefficient (Wildman–Crippen LogP) is 3.80. The zero-order chi connectivity index (χ0) is 13.7. The number of fused-ring (bicyclic) bond motifs is 2. The van der Waals surface area contributed by atoms with Crippen LogP contribution in [0, 0.1) is 12.8 Å². The first-order valence-corrected chi connectivity index (χ1v) is 8.74. The van der Waals surface area contributed by atoms with Crippen molar-refractivity contribution < 1.29 is 4.79 Å². The van der Waals surface area contributed by atoms with Crippen LogP contribution in [0.3, 0.4) is 0 Å². The minimum absolute atomic E-state index is 0.204. The molecule has 0 radical (unpaired) electrons. The number of likely N-dealkylation sites (tertiary alicyclic amines) is 1. The van der Waals surface area contributed by atoms with Crippen molar-refractivity contribution in [3.63, 3.8) is 0 Å². The Morgan fingerprint density at radius 3 is 3.00 bits per heavy atom. The normalized spacial score (nSPS) is 24.6. The van der Waals surface area contributed by atoms with Crippen molar-refractivity contribution in [2.24, 2.45) is 5.92 Å². The van der Waals surface area contributed by atoms with Crippen molar-refractivity contribution >= 4 is 28.6 Å². The van der Waals surface area contributed by atoms with Crippen molar-refractivity contribution in [3.05, 3.63) is 28.1 Å². The Hall–Kier alpha value is -1.20. The first-order chi connectivity index (χ1) is 9.72. The summed E-state index contributed by atoms with van der Waals surface area (Å²) < 4.78 is 0. The summed E-state index contributed by atoms with van der Waals surface area (Å²) in [7, 11) is 0. The van der Waals surface area contributed by atoms with Gasteiger partial charge in [0, 0.05) is 12.6 Å². The van der Waals surface area contributed by atoms with Crippen LogP contribution >= 0.6 is 22.7 Å². The summed E-state index contributed by atoms with van der Waals surface area (Å²) in [5.41, 5.74) is 0.881. The van der Waals surface area contributed by atoms with Crippen LogP contribution in [0.15, 0.2) is 17.5 Å². The van der Waals surface area contributed by atoms with E-state index < -0.39 is 0 Å². The average molecular weight is 304 g/mol. The van der Waals surface area contributed by atoms with Gasteiger partial charge in [-0.1, -0.05) is 6.07 Å². The summed E-state index contributed by atoms with van der Waals surface area (Å²) >= 11 is 3.22. The molecule has 2 atom stereocenters. The molecule has 1 saturated heterocycles. The number of carbonyl (C=O) groups is 1. The molecule has 1 saturated carbocycles. The lowest BCUT2D eigenvalue weighted by atomic mass is 10.1. The van der Waals surface area contributed by atoms with Gasteiger partial charge in [0.25, 0.3) is 5.91 Å². The molecular weight excluding hydrogens is 288 g/mol. The monoisotopic (exact) mass is 304 g/mol. The highest BCUT2D eigenvalue weighted by atomic mass is 32.1. The first kappa shape index (κ1) is 12.5. The van der Waals surface area contributed by atoms with E-state index >= 15 is 0 Å². The van der Waals surface area contributed by atoms with Crippen LogP contribution in [0.5, 0.6) is 0 Å². The Morgan fingerprint density at radius 1 is 1.45 bits per heavy atom. The van der Waals surface area contributed by atoms with E-state index in [1.54, 1.807) is 22.7 Å². The molecule has 2 aromatic heterocycles. The number of thiazole rings is 1. The Morgan fingerprint density at radius 2 is 2.35 bits per heavy atom. The molecule has 2 fully saturated rings. The quantitative estimate of drug-likeness (QED) is 0.845. The smallest absolute Gasteiger partial charge is 0.266 e. The second-order valence-corrected chi connectivity index (χ2v) is 7.65. The number of aromatic nitrogens is 1. The number of thiophene rings is 1. The number of aryl methyl sites for hydroxylation is 1. The molecule has 2 aromatic rings. The lowest BCUT2D eigenvalue weighted by molar-refractivity contribution is 0.0707. The first-order valence-electron chi connectivity index (χ1n) is 7.04. The molecule has 20 heavy (non-hydrogen) atoms. The lowest BCUT2D eigenvalue weighted by Gasteiger charge is -2.26. The van der Waals surface area contributed by atoms with E-state index in [4.69, 9.17) is 0 Å². The Labute approximate surface area is 126 Å². The number of amides is 1. The van der Waals surface area contributed by atoms with Crippen molar-refractivity contribution in [2.75, 3.05) is 6.54 Å². The third-order valence-corrected chi connectivity index (χ3v) is 6.58. The van der Waals surface area contributed by atoms with Crippen LogP contribution in [-0.4, -0.2) is 28.4 Å². The summed E-state index contributed by atoms with van der Waals surface area (Å²) in [6.45, 7) is 2.91. The molecule has 0 spiro atoms. The van der Waals surface area contributed by atoms with Crippen LogP contribution in [0.2, 0.25) is 0 Å². The van der Waals surface area contributed by atoms with E-state index in [0.717, 1.165) is 32.9 Å². The highest BCUT2D eigenvalue weighted by Crippen LogP contribution is 2.39. The van der Waals surface area contributed by atoms with E-state index in [2.05, 4.69) is 16.0 Å². The molecule has 2 unspecified atom stereocenters. The molecule has 1 amide bonds. The maximum atomic E-state index is 12.7. The molecule has 5 heteroatoms. The second kappa shape index (κ2) is 4.67. The number of rotatable bonds is 2. The van der Waals surface area contributed by atoms with Crippen molar-refractivity contribution in [1.82, 2.24) is 9.88 Å². The molecule has 3 nitrogen and oxygen atoms in total. The second-order valence-electron chi connectivity index (χ2n) is 5.70. The van der Waals surface area contributed by atoms with Crippen molar-refractivity contribution in [2.45, 2.75) is 32.2 Å². The SMILES string of the molecule is Cc1nc(-c2cccs2)sc1C(=O)N1CC2CCC1C2. The summed E-state index contributed by atoms with van der Waals surface area (Å²) in [5, 5.41) is 3.03. The summed E-state index contributed by atoms with van der Waals surface area (Å²) in [4.78, 5) is 21.4. The summed E-state index contributed by atoms with van der Waals surface area (Å²) in [6.07, 6.45) is 3.70. The maximum Gasteiger partial charge on any atom is 0.266 e. The molecule has 4 rings (SSSR count). The van der Waals surface area contributed by atoms with Gasteiger partial charge in [-0.15, -0.1) is 22.7 Å². The van der Waals surface area contributed by atoms with Gasteiger partial charge in [-0.2, -0.15) is 0 Å². The zero-order valence-corrected chi connectivity index (χ0v) is 13.0. The van der Waals surface area contributed by atoms with Crippen LogP contribution < -0.4 is 0 Å². The van der Waals surface area contributed by atoms with Crippen LogP contribution in [0.1, 0.15) is 34.6 Å². The number of hydrogen-bond acceptors (Lipinski definition) is 4. The van der Waals surface area contributed by atoms with Crippen LogP contribution in [0.4, 0.5) is 0 Å². The topological polar surface area (TPSA) is 33.2 Å². The van der Waals surface area contributed by atoms with Gasteiger partial charge in [0.15, 0.2) is 0 Å². The maximum absolute atomic E-state index is 12.7. The number of nitrogens with zero attached hydrogens (tertiary/aromatic N) is 2. The van der Waals surface area contributed by atoms with Gasteiger partial charge in [-0.25, -0.2) is 4.98 Å². The lowest BCUT2D eigenvalue weighted by Crippen LogP contribution is -2.37. The average Bonchev–Trinajstić information content (AvgIpc) is 3.21. The van der Waals surface area contributed by atoms with Gasteiger partial charge in [0.1, 0.15) is 9.88 Å². The highest BCUT2D eigenvalue weighted by molar-refractivity contribution is 7.22. The van der Waals surface area contributed by atoms with E-state index in [1.807, 2.05) is 18.4 Å². The third-order valence-electron chi connectivity index (χ3n) is 4.39. The van der Waals surface area contributed by atoms with Gasteiger partial charge in [-0.05, 0) is 43.6 Å². The Bertz CT molecular complexity index is 647. The third kappa shape index (κ3) is 1.91. The van der Waals surface area contributed by atoms with E-state index in [0.29, 0.717) is 6.04 Å². The largest absolute Gasteiger partial charge is 0.335 e. The van der Waals surface area contributed by atoms with Gasteiger partial charge in [0.05, 0.1) is 10.6 Å². The molecule has 3 heterocycles. The van der Waals surface area contributed by atoms with Crippen molar-refractivity contribution in [3.8, 4) is 9.88 Å². The van der Waals surface area contributed by atoms with Crippen LogP contribution in [-0.2, 0) is 0 Å². The van der Waals surface area contributed by atoms with E-state index in [1.165, 1.54) is 19.3 Å². The molecule has 104 valence electrons. The summed E-state index contributed by atoms with van der Waals surface area (Å²) in [5.74, 6) is 0.948. The fourth-order valence-corrected chi connectivity index (χ4v) is 5.22. The molecule has 0 N–H and O–H groups in total. The summed E-state index contributed by atoms with van der Waals surface area (Å²) in [6, 6.07) is 4.58. The van der Waals surface area contributed by atoms with E-state index in [-0.39, 0.29) is 5.91 Å². The highest BCUT2D eigenvalue weighted by Gasteiger charge is 2.41. The Kier molecular flexibility index (Phi) is 2.93. The molecule has 2 aliphatic rings. The predicted molar refractivity (Wildman–Crippen MR) is 82.3 cm³/mol. The molecule has 0 aromatic carbocycles. The number of carbonyl (C=O) groups excluding carboxylic acids is 1. The molecule has 2 bridgehead atoms. The molecular formula is C15H16N2OS2. The fraction of sp³-hybridized carbons (Fsp3) is 0.467. The molecule has 1 aliphatic heterocycles. The Balaban J connectivity index is 1.64. The minimum Gasteiger partial charge on any atom is -0.335 e. The van der Waals surface area contributed by atoms with Gasteiger partial charge in [0.2, 0.25) is 0 Å². The minimum atomic E-state index is 0.204. The number of piperidine rings is 1. The van der Waals surface area contributed by atoms with Gasteiger partial charge in [-0.3, -0.25) is 4.79 Å². The molecule has 1 aliphatic carbocycles. The van der Waals surface area contributed by atoms with Gasteiger partial charge < -0.3 is 4.90 Å². The van der Waals surface area contributed by atoms with Crippen molar-refractivity contribution in [1.29, 1.82) is 0 Å². The fourth-order valence-electron chi connectivity index (χ4n) is 3.40.